The number of hydrogen-bond acceptors (Lipinski definition) is 2. The summed E-state index contributed by atoms with van der Waals surface area (Å²) in [6, 6.07) is 8.23. The molecule has 2 rings (SSSR count). The Bertz CT molecular complexity index is 523. The van der Waals surface area contributed by atoms with E-state index in [0.717, 1.165) is 24.2 Å². The molecule has 1 atom stereocenters. The smallest absolute Gasteiger partial charge is 0.189 e. The minimum absolute atomic E-state index is 0.0850. The first-order chi connectivity index (χ1) is 10.0. The number of allylic oxidation sites excluding steroid dienone is 1. The number of benzene rings is 1. The summed E-state index contributed by atoms with van der Waals surface area (Å²) in [5.74, 6) is 1.43. The summed E-state index contributed by atoms with van der Waals surface area (Å²) in [6.07, 6.45) is 3.74. The zero-order chi connectivity index (χ0) is 15.3. The van der Waals surface area contributed by atoms with Gasteiger partial charge in [-0.2, -0.15) is 0 Å². The number of guanidine groups is 1. The molecule has 0 bridgehead atoms. The Morgan fingerprint density at radius 2 is 2.29 bits per heavy atom. The zero-order valence-electron chi connectivity index (χ0n) is 12.9. The second-order valence-corrected chi connectivity index (χ2v) is 6.23. The molecule has 3 N–H and O–H groups in total. The van der Waals surface area contributed by atoms with Crippen molar-refractivity contribution in [2.45, 2.75) is 32.7 Å². The number of hydrogen-bond donors (Lipinski definition) is 2. The zero-order valence-corrected chi connectivity index (χ0v) is 12.9. The van der Waals surface area contributed by atoms with Crippen LogP contribution in [-0.2, 0) is 0 Å². The Kier molecular flexibility index (Phi) is 4.89. The third-order valence-electron chi connectivity index (χ3n) is 3.65. The lowest BCUT2D eigenvalue weighted by atomic mass is 9.90. The highest BCUT2D eigenvalue weighted by Gasteiger charge is 2.21. The number of rotatable bonds is 5. The molecular formula is C17H25N3O. The predicted octanol–water partition coefficient (Wildman–Crippen LogP) is 3.02. The first-order valence-electron chi connectivity index (χ1n) is 7.41. The van der Waals surface area contributed by atoms with Crippen molar-refractivity contribution >= 4 is 5.96 Å². The summed E-state index contributed by atoms with van der Waals surface area (Å²) in [6.45, 7) is 9.49. The van der Waals surface area contributed by atoms with Gasteiger partial charge in [0, 0.05) is 18.5 Å². The van der Waals surface area contributed by atoms with E-state index in [-0.39, 0.29) is 11.5 Å². The number of fused-ring (bicyclic) bond motifs is 1. The summed E-state index contributed by atoms with van der Waals surface area (Å²) in [5, 5.41) is 3.31. The average molecular weight is 287 g/mol. The van der Waals surface area contributed by atoms with Crippen molar-refractivity contribution in [2.75, 3.05) is 13.2 Å². The largest absolute Gasteiger partial charge is 0.493 e. The number of nitrogens with one attached hydrogen (secondary N) is 1. The first kappa shape index (κ1) is 15.4. The minimum Gasteiger partial charge on any atom is -0.493 e. The molecule has 1 aliphatic rings. The van der Waals surface area contributed by atoms with Crippen molar-refractivity contribution < 1.29 is 4.74 Å². The molecule has 0 aromatic heterocycles. The van der Waals surface area contributed by atoms with Crippen LogP contribution in [0, 0.1) is 5.41 Å². The van der Waals surface area contributed by atoms with E-state index in [2.05, 4.69) is 36.8 Å². The molecule has 1 heterocycles. The number of nitrogens with two attached hydrogens (primary N) is 1. The Hall–Kier alpha value is -1.97. The lowest BCUT2D eigenvalue weighted by molar-refractivity contribution is 0.262. The third-order valence-corrected chi connectivity index (χ3v) is 3.65. The number of aliphatic imine (C=N–C) groups is 1. The molecule has 0 saturated carbocycles. The molecule has 21 heavy (non-hydrogen) atoms. The maximum absolute atomic E-state index is 6.04. The van der Waals surface area contributed by atoms with Crippen molar-refractivity contribution in [2.24, 2.45) is 16.1 Å². The van der Waals surface area contributed by atoms with Crippen molar-refractivity contribution in [3.8, 4) is 5.75 Å². The van der Waals surface area contributed by atoms with Gasteiger partial charge in [0.25, 0.3) is 0 Å². The molecule has 1 aromatic rings. The van der Waals surface area contributed by atoms with Crippen LogP contribution in [0.4, 0.5) is 0 Å². The molecular weight excluding hydrogens is 262 g/mol. The molecule has 0 spiro atoms. The van der Waals surface area contributed by atoms with E-state index >= 15 is 0 Å². The van der Waals surface area contributed by atoms with Gasteiger partial charge in [0.15, 0.2) is 5.96 Å². The van der Waals surface area contributed by atoms with E-state index in [0.29, 0.717) is 19.1 Å². The van der Waals surface area contributed by atoms with Crippen molar-refractivity contribution in [3.05, 3.63) is 42.5 Å². The van der Waals surface area contributed by atoms with E-state index in [9.17, 15) is 0 Å². The lowest BCUT2D eigenvalue weighted by Crippen LogP contribution is -2.38. The fraction of sp³-hybridized carbons (Fsp3) is 0.471. The number of ether oxygens (including phenoxy) is 1. The highest BCUT2D eigenvalue weighted by atomic mass is 16.5. The standard InChI is InChI=1S/C17H25N3O/c1-4-10-17(2,3)12-19-16(18)20-14-9-11-21-15-8-6-5-7-13(14)15/h4-8,14H,1,9-12H2,2-3H3,(H3,18,19,20). The van der Waals surface area contributed by atoms with Gasteiger partial charge in [0.05, 0.1) is 12.6 Å². The monoisotopic (exact) mass is 287 g/mol. The van der Waals surface area contributed by atoms with Gasteiger partial charge in [-0.15, -0.1) is 6.58 Å². The highest BCUT2D eigenvalue weighted by Crippen LogP contribution is 2.31. The van der Waals surface area contributed by atoms with Gasteiger partial charge in [0.1, 0.15) is 5.75 Å². The van der Waals surface area contributed by atoms with Crippen LogP contribution in [-0.4, -0.2) is 19.1 Å². The number of para-hydroxylation sites is 1. The lowest BCUT2D eigenvalue weighted by Gasteiger charge is -2.27. The van der Waals surface area contributed by atoms with Gasteiger partial charge in [-0.05, 0) is 17.9 Å². The molecule has 0 saturated heterocycles. The Labute approximate surface area is 127 Å². The van der Waals surface area contributed by atoms with Gasteiger partial charge < -0.3 is 15.8 Å². The van der Waals surface area contributed by atoms with Crippen LogP contribution in [0.15, 0.2) is 41.9 Å². The van der Waals surface area contributed by atoms with Crippen LogP contribution in [0.25, 0.3) is 0 Å². The van der Waals surface area contributed by atoms with Crippen molar-refractivity contribution in [1.29, 1.82) is 0 Å². The second-order valence-electron chi connectivity index (χ2n) is 6.23. The summed E-state index contributed by atoms with van der Waals surface area (Å²) in [4.78, 5) is 4.48. The van der Waals surface area contributed by atoms with Crippen molar-refractivity contribution in [1.82, 2.24) is 5.32 Å². The SMILES string of the molecule is C=CCC(C)(C)CN=C(N)NC1CCOc2ccccc21. The third kappa shape index (κ3) is 4.25. The average Bonchev–Trinajstić information content (AvgIpc) is 2.46. The molecule has 0 radical (unpaired) electrons. The summed E-state index contributed by atoms with van der Waals surface area (Å²) in [7, 11) is 0. The molecule has 0 fully saturated rings. The molecule has 0 amide bonds. The van der Waals surface area contributed by atoms with Crippen molar-refractivity contribution in [3.63, 3.8) is 0 Å². The van der Waals surface area contributed by atoms with E-state index in [1.54, 1.807) is 0 Å². The van der Waals surface area contributed by atoms with Gasteiger partial charge in [0.2, 0.25) is 0 Å². The van der Waals surface area contributed by atoms with Crippen LogP contribution >= 0.6 is 0 Å². The van der Waals surface area contributed by atoms with Crippen LogP contribution in [0.3, 0.4) is 0 Å². The van der Waals surface area contributed by atoms with Gasteiger partial charge in [-0.1, -0.05) is 38.1 Å². The number of nitrogens with zero attached hydrogens (tertiary/aromatic N) is 1. The van der Waals surface area contributed by atoms with E-state index in [1.165, 1.54) is 0 Å². The minimum atomic E-state index is 0.0850. The molecule has 4 nitrogen and oxygen atoms in total. The molecule has 1 unspecified atom stereocenters. The van der Waals surface area contributed by atoms with Gasteiger partial charge in [-0.25, -0.2) is 0 Å². The molecule has 4 heteroatoms. The van der Waals surface area contributed by atoms with Gasteiger partial charge >= 0.3 is 0 Å². The van der Waals surface area contributed by atoms with E-state index in [1.807, 2.05) is 24.3 Å². The van der Waals surface area contributed by atoms with Gasteiger partial charge in [-0.3, -0.25) is 4.99 Å². The summed E-state index contributed by atoms with van der Waals surface area (Å²) < 4.78 is 5.65. The quantitative estimate of drug-likeness (QED) is 0.497. The molecule has 0 aliphatic carbocycles. The predicted molar refractivity (Wildman–Crippen MR) is 87.5 cm³/mol. The normalized spacial score (nSPS) is 18.6. The van der Waals surface area contributed by atoms with Crippen LogP contribution in [0.2, 0.25) is 0 Å². The first-order valence-corrected chi connectivity index (χ1v) is 7.41. The van der Waals surface area contributed by atoms with Crippen LogP contribution in [0.1, 0.15) is 38.3 Å². The second kappa shape index (κ2) is 6.66. The Morgan fingerprint density at radius 1 is 1.52 bits per heavy atom. The topological polar surface area (TPSA) is 59.6 Å². The molecule has 1 aromatic carbocycles. The van der Waals surface area contributed by atoms with E-state index < -0.39 is 0 Å². The molecule has 114 valence electrons. The Balaban J connectivity index is 2.00. The fourth-order valence-electron chi connectivity index (χ4n) is 2.47. The van der Waals surface area contributed by atoms with E-state index in [4.69, 9.17) is 10.5 Å². The maximum Gasteiger partial charge on any atom is 0.189 e. The summed E-state index contributed by atoms with van der Waals surface area (Å²) >= 11 is 0. The highest BCUT2D eigenvalue weighted by molar-refractivity contribution is 5.78. The van der Waals surface area contributed by atoms with Crippen LogP contribution in [0.5, 0.6) is 5.75 Å². The fourth-order valence-corrected chi connectivity index (χ4v) is 2.47. The molecule has 1 aliphatic heterocycles. The summed E-state index contributed by atoms with van der Waals surface area (Å²) in [5.41, 5.74) is 7.27. The Morgan fingerprint density at radius 3 is 3.05 bits per heavy atom. The van der Waals surface area contributed by atoms with Crippen LogP contribution < -0.4 is 15.8 Å². The maximum atomic E-state index is 6.04.